The first-order chi connectivity index (χ1) is 11.5. The summed E-state index contributed by atoms with van der Waals surface area (Å²) < 4.78 is 13.3. The summed E-state index contributed by atoms with van der Waals surface area (Å²) in [5, 5.41) is 13.9. The minimum absolute atomic E-state index is 0.0980. The predicted octanol–water partition coefficient (Wildman–Crippen LogP) is 3.47. The minimum Gasteiger partial charge on any atom is -0.375 e. The van der Waals surface area contributed by atoms with E-state index in [0.29, 0.717) is 19.5 Å². The molecule has 0 unspecified atom stereocenters. The summed E-state index contributed by atoms with van der Waals surface area (Å²) >= 11 is 0. The first-order valence-corrected chi connectivity index (χ1v) is 7.62. The van der Waals surface area contributed by atoms with E-state index in [1.807, 2.05) is 24.3 Å². The standard InChI is InChI=1S/C17H16FN3O3/c18-13-6-7-16(21(23)24)15(10-13)19-11-12-3-1-4-14(9-12)20-8-2-5-17(20)22/h1,3-4,6-7,9-10,19H,2,5,8,11H2. The van der Waals surface area contributed by atoms with Gasteiger partial charge < -0.3 is 10.2 Å². The fraction of sp³-hybridized carbons (Fsp3) is 0.235. The van der Waals surface area contributed by atoms with Crippen LogP contribution in [0.3, 0.4) is 0 Å². The van der Waals surface area contributed by atoms with Crippen LogP contribution in [0.4, 0.5) is 21.5 Å². The van der Waals surface area contributed by atoms with Crippen LogP contribution in [0.1, 0.15) is 18.4 Å². The van der Waals surface area contributed by atoms with Gasteiger partial charge in [0, 0.05) is 37.3 Å². The van der Waals surface area contributed by atoms with Crippen LogP contribution in [-0.2, 0) is 11.3 Å². The van der Waals surface area contributed by atoms with Gasteiger partial charge in [0.2, 0.25) is 5.91 Å². The van der Waals surface area contributed by atoms with Crippen molar-refractivity contribution < 1.29 is 14.1 Å². The molecular weight excluding hydrogens is 313 g/mol. The number of hydrogen-bond donors (Lipinski definition) is 1. The number of carbonyl (C=O) groups is 1. The molecule has 1 amide bonds. The molecule has 0 spiro atoms. The average Bonchev–Trinajstić information content (AvgIpc) is 2.99. The third-order valence-electron chi connectivity index (χ3n) is 3.93. The van der Waals surface area contributed by atoms with Gasteiger partial charge in [0.05, 0.1) is 4.92 Å². The number of rotatable bonds is 5. The summed E-state index contributed by atoms with van der Waals surface area (Å²) in [4.78, 5) is 24.0. The molecule has 1 N–H and O–H groups in total. The van der Waals surface area contributed by atoms with Gasteiger partial charge in [0.15, 0.2) is 0 Å². The highest BCUT2D eigenvalue weighted by molar-refractivity contribution is 5.95. The van der Waals surface area contributed by atoms with Crippen LogP contribution in [-0.4, -0.2) is 17.4 Å². The Bertz CT molecular complexity index is 794. The Labute approximate surface area is 138 Å². The third kappa shape index (κ3) is 3.34. The van der Waals surface area contributed by atoms with Gasteiger partial charge in [0.1, 0.15) is 11.5 Å². The molecular formula is C17H16FN3O3. The number of nitrogens with zero attached hydrogens (tertiary/aromatic N) is 2. The number of benzene rings is 2. The molecule has 24 heavy (non-hydrogen) atoms. The fourth-order valence-corrected chi connectivity index (χ4v) is 2.76. The van der Waals surface area contributed by atoms with Crippen LogP contribution in [0.5, 0.6) is 0 Å². The van der Waals surface area contributed by atoms with E-state index in [-0.39, 0.29) is 17.3 Å². The number of nitro groups is 1. The topological polar surface area (TPSA) is 75.5 Å². The van der Waals surface area contributed by atoms with Gasteiger partial charge in [-0.15, -0.1) is 0 Å². The predicted molar refractivity (Wildman–Crippen MR) is 88.4 cm³/mol. The maximum Gasteiger partial charge on any atom is 0.292 e. The fourth-order valence-electron chi connectivity index (χ4n) is 2.76. The van der Waals surface area contributed by atoms with Crippen LogP contribution in [0.2, 0.25) is 0 Å². The van der Waals surface area contributed by atoms with Crippen molar-refractivity contribution in [2.75, 3.05) is 16.8 Å². The summed E-state index contributed by atoms with van der Waals surface area (Å²) in [6.45, 7) is 0.991. The van der Waals surface area contributed by atoms with Gasteiger partial charge in [0.25, 0.3) is 5.69 Å². The normalized spacial score (nSPS) is 14.0. The Balaban J connectivity index is 1.77. The molecule has 2 aromatic rings. The first-order valence-electron chi connectivity index (χ1n) is 7.62. The molecule has 1 aliphatic rings. The van der Waals surface area contributed by atoms with Crippen LogP contribution in [0.25, 0.3) is 0 Å². The van der Waals surface area contributed by atoms with Crippen LogP contribution in [0, 0.1) is 15.9 Å². The Kier molecular flexibility index (Phi) is 4.41. The highest BCUT2D eigenvalue weighted by Gasteiger charge is 2.21. The molecule has 0 bridgehead atoms. The van der Waals surface area contributed by atoms with Crippen LogP contribution < -0.4 is 10.2 Å². The summed E-state index contributed by atoms with van der Waals surface area (Å²) in [5.74, 6) is -0.444. The summed E-state index contributed by atoms with van der Waals surface area (Å²) in [6.07, 6.45) is 1.40. The molecule has 1 heterocycles. The van der Waals surface area contributed by atoms with E-state index in [9.17, 15) is 19.3 Å². The van der Waals surface area contributed by atoms with Crippen molar-refractivity contribution >= 4 is 23.0 Å². The lowest BCUT2D eigenvalue weighted by Crippen LogP contribution is -2.23. The van der Waals surface area contributed by atoms with Crippen molar-refractivity contribution in [1.29, 1.82) is 0 Å². The SMILES string of the molecule is O=C1CCCN1c1cccc(CNc2cc(F)ccc2[N+](=O)[O-])c1. The molecule has 0 radical (unpaired) electrons. The first kappa shape index (κ1) is 15.9. The van der Waals surface area contributed by atoms with Crippen molar-refractivity contribution in [3.63, 3.8) is 0 Å². The van der Waals surface area contributed by atoms with Crippen molar-refractivity contribution in [1.82, 2.24) is 0 Å². The molecule has 1 aliphatic heterocycles. The zero-order chi connectivity index (χ0) is 17.1. The van der Waals surface area contributed by atoms with Crippen molar-refractivity contribution in [2.24, 2.45) is 0 Å². The highest BCUT2D eigenvalue weighted by atomic mass is 19.1. The quantitative estimate of drug-likeness (QED) is 0.673. The maximum atomic E-state index is 13.3. The van der Waals surface area contributed by atoms with Gasteiger partial charge in [-0.05, 0) is 30.2 Å². The molecule has 1 fully saturated rings. The molecule has 0 aliphatic carbocycles. The summed E-state index contributed by atoms with van der Waals surface area (Å²) in [7, 11) is 0. The molecule has 1 saturated heterocycles. The van der Waals surface area contributed by atoms with E-state index in [2.05, 4.69) is 5.32 Å². The van der Waals surface area contributed by atoms with E-state index in [1.165, 1.54) is 0 Å². The summed E-state index contributed by atoms with van der Waals surface area (Å²) in [5.41, 5.74) is 1.61. The molecule has 0 saturated carbocycles. The third-order valence-corrected chi connectivity index (χ3v) is 3.93. The molecule has 2 aromatic carbocycles. The van der Waals surface area contributed by atoms with Gasteiger partial charge in [-0.3, -0.25) is 14.9 Å². The Hall–Kier alpha value is -2.96. The minimum atomic E-state index is -0.554. The van der Waals surface area contributed by atoms with Crippen molar-refractivity contribution in [3.05, 3.63) is 64.0 Å². The van der Waals surface area contributed by atoms with Crippen molar-refractivity contribution in [3.8, 4) is 0 Å². The van der Waals surface area contributed by atoms with E-state index >= 15 is 0 Å². The summed E-state index contributed by atoms with van der Waals surface area (Å²) in [6, 6.07) is 10.7. The number of hydrogen-bond acceptors (Lipinski definition) is 4. The van der Waals surface area contributed by atoms with Crippen molar-refractivity contribution in [2.45, 2.75) is 19.4 Å². The molecule has 7 heteroatoms. The molecule has 124 valence electrons. The van der Waals surface area contributed by atoms with Crippen LogP contribution in [0.15, 0.2) is 42.5 Å². The second kappa shape index (κ2) is 6.66. The molecule has 6 nitrogen and oxygen atoms in total. The Morgan fingerprint density at radius 2 is 2.08 bits per heavy atom. The lowest BCUT2D eigenvalue weighted by Gasteiger charge is -2.17. The Morgan fingerprint density at radius 3 is 2.79 bits per heavy atom. The lowest BCUT2D eigenvalue weighted by atomic mass is 10.1. The number of anilines is 2. The largest absolute Gasteiger partial charge is 0.375 e. The monoisotopic (exact) mass is 329 g/mol. The van der Waals surface area contributed by atoms with E-state index in [1.54, 1.807) is 4.90 Å². The van der Waals surface area contributed by atoms with E-state index in [4.69, 9.17) is 0 Å². The average molecular weight is 329 g/mol. The number of carbonyl (C=O) groups excluding carboxylic acids is 1. The number of halogens is 1. The second-order valence-corrected chi connectivity index (χ2v) is 5.59. The second-order valence-electron chi connectivity index (χ2n) is 5.59. The molecule has 0 atom stereocenters. The van der Waals surface area contributed by atoms with Gasteiger partial charge in [-0.25, -0.2) is 4.39 Å². The number of nitro benzene ring substituents is 1. The zero-order valence-corrected chi connectivity index (χ0v) is 12.9. The van der Waals surface area contributed by atoms with E-state index in [0.717, 1.165) is 35.9 Å². The van der Waals surface area contributed by atoms with Gasteiger partial charge >= 0.3 is 0 Å². The van der Waals surface area contributed by atoms with Gasteiger partial charge in [-0.1, -0.05) is 12.1 Å². The smallest absolute Gasteiger partial charge is 0.292 e. The Morgan fingerprint density at radius 1 is 1.25 bits per heavy atom. The maximum absolute atomic E-state index is 13.3. The number of amides is 1. The highest BCUT2D eigenvalue weighted by Crippen LogP contribution is 2.26. The molecule has 0 aromatic heterocycles. The molecule has 3 rings (SSSR count). The van der Waals surface area contributed by atoms with Gasteiger partial charge in [-0.2, -0.15) is 0 Å². The van der Waals surface area contributed by atoms with Crippen LogP contribution >= 0.6 is 0 Å². The lowest BCUT2D eigenvalue weighted by molar-refractivity contribution is -0.384. The van der Waals surface area contributed by atoms with E-state index < -0.39 is 10.7 Å². The number of nitrogens with one attached hydrogen (secondary N) is 1. The zero-order valence-electron chi connectivity index (χ0n) is 12.9.